The molecular formula is C18H19Cl2FN2O3S. The monoisotopic (exact) mass is 432 g/mol. The van der Waals surface area contributed by atoms with Gasteiger partial charge in [-0.25, -0.2) is 17.5 Å². The zero-order valence-corrected chi connectivity index (χ0v) is 17.1. The molecule has 146 valence electrons. The third-order valence-electron chi connectivity index (χ3n) is 3.75. The summed E-state index contributed by atoms with van der Waals surface area (Å²) in [6, 6.07) is 7.30. The van der Waals surface area contributed by atoms with E-state index in [9.17, 15) is 17.6 Å². The molecule has 0 fully saturated rings. The van der Waals surface area contributed by atoms with Crippen LogP contribution in [0, 0.1) is 5.82 Å². The van der Waals surface area contributed by atoms with Gasteiger partial charge in [0.15, 0.2) is 0 Å². The molecule has 0 heterocycles. The number of nitrogens with one attached hydrogen (secondary N) is 2. The van der Waals surface area contributed by atoms with Gasteiger partial charge in [0.2, 0.25) is 10.0 Å². The van der Waals surface area contributed by atoms with E-state index >= 15 is 0 Å². The molecule has 9 heteroatoms. The van der Waals surface area contributed by atoms with Crippen LogP contribution in [0.25, 0.3) is 0 Å². The van der Waals surface area contributed by atoms with Crippen LogP contribution in [0.5, 0.6) is 0 Å². The van der Waals surface area contributed by atoms with Crippen LogP contribution in [0.2, 0.25) is 10.0 Å². The van der Waals surface area contributed by atoms with Gasteiger partial charge < -0.3 is 5.32 Å². The molecule has 0 aromatic heterocycles. The number of amides is 1. The van der Waals surface area contributed by atoms with Crippen LogP contribution in [0.15, 0.2) is 41.3 Å². The Kier molecular flexibility index (Phi) is 7.22. The van der Waals surface area contributed by atoms with Gasteiger partial charge in [-0.3, -0.25) is 4.79 Å². The van der Waals surface area contributed by atoms with Gasteiger partial charge in [0.05, 0.1) is 21.2 Å². The van der Waals surface area contributed by atoms with Gasteiger partial charge >= 0.3 is 0 Å². The topological polar surface area (TPSA) is 75.3 Å². The maximum absolute atomic E-state index is 14.3. The molecule has 0 aliphatic carbocycles. The number of carbonyl (C=O) groups excluding carboxylic acids is 1. The molecule has 0 spiro atoms. The van der Waals surface area contributed by atoms with E-state index in [1.807, 2.05) is 6.92 Å². The number of halogens is 3. The summed E-state index contributed by atoms with van der Waals surface area (Å²) in [6.45, 7) is 3.68. The molecule has 2 aromatic rings. The zero-order chi connectivity index (χ0) is 20.2. The zero-order valence-electron chi connectivity index (χ0n) is 14.7. The van der Waals surface area contributed by atoms with Crippen molar-refractivity contribution in [1.82, 2.24) is 4.72 Å². The number of rotatable bonds is 7. The van der Waals surface area contributed by atoms with E-state index in [-0.39, 0.29) is 27.2 Å². The summed E-state index contributed by atoms with van der Waals surface area (Å²) < 4.78 is 41.4. The highest BCUT2D eigenvalue weighted by atomic mass is 35.5. The van der Waals surface area contributed by atoms with E-state index in [2.05, 4.69) is 10.0 Å². The van der Waals surface area contributed by atoms with Gasteiger partial charge in [0.25, 0.3) is 5.91 Å². The molecule has 0 radical (unpaired) electrons. The van der Waals surface area contributed by atoms with Crippen molar-refractivity contribution < 1.29 is 17.6 Å². The number of anilines is 1. The summed E-state index contributed by atoms with van der Waals surface area (Å²) in [5.74, 6) is -1.51. The second-order valence-electron chi connectivity index (χ2n) is 6.03. The fraction of sp³-hybridized carbons (Fsp3) is 0.278. The Balaban J connectivity index is 2.20. The first kappa shape index (κ1) is 21.6. The van der Waals surface area contributed by atoms with E-state index in [0.717, 1.165) is 12.5 Å². The second kappa shape index (κ2) is 9.01. The Morgan fingerprint density at radius 2 is 1.89 bits per heavy atom. The Bertz CT molecular complexity index is 952. The molecule has 2 N–H and O–H groups in total. The minimum atomic E-state index is -3.85. The van der Waals surface area contributed by atoms with Gasteiger partial charge in [0.1, 0.15) is 5.82 Å². The lowest BCUT2D eigenvalue weighted by Crippen LogP contribution is -2.32. The van der Waals surface area contributed by atoms with Crippen molar-refractivity contribution in [2.75, 3.05) is 5.32 Å². The van der Waals surface area contributed by atoms with E-state index in [0.29, 0.717) is 11.4 Å². The molecule has 2 rings (SSSR count). The van der Waals surface area contributed by atoms with Crippen molar-refractivity contribution in [3.8, 4) is 0 Å². The van der Waals surface area contributed by atoms with Crippen molar-refractivity contribution in [3.63, 3.8) is 0 Å². The van der Waals surface area contributed by atoms with Crippen LogP contribution in [-0.4, -0.2) is 20.4 Å². The van der Waals surface area contributed by atoms with Gasteiger partial charge in [-0.15, -0.1) is 0 Å². The number of benzene rings is 2. The van der Waals surface area contributed by atoms with Gasteiger partial charge in [-0.05, 0) is 49.7 Å². The summed E-state index contributed by atoms with van der Waals surface area (Å²) in [6.07, 6.45) is 1.48. The van der Waals surface area contributed by atoms with Crippen molar-refractivity contribution in [1.29, 1.82) is 0 Å². The Hall–Kier alpha value is -1.67. The molecule has 0 saturated heterocycles. The smallest absolute Gasteiger partial charge is 0.257 e. The average Bonchev–Trinajstić information content (AvgIpc) is 2.56. The summed E-state index contributed by atoms with van der Waals surface area (Å²) in [7, 11) is -3.85. The maximum Gasteiger partial charge on any atom is 0.257 e. The van der Waals surface area contributed by atoms with Crippen LogP contribution in [0.3, 0.4) is 0 Å². The SMILES string of the molecule is CCC[C@H](C)NS(=O)(=O)c1ccc(NC(=O)c2ccc(Cl)cc2Cl)c(F)c1. The number of hydrogen-bond acceptors (Lipinski definition) is 3. The molecule has 0 saturated carbocycles. The summed E-state index contributed by atoms with van der Waals surface area (Å²) in [5.41, 5.74) is -0.0428. The van der Waals surface area contributed by atoms with Crippen LogP contribution in [-0.2, 0) is 10.0 Å². The highest BCUT2D eigenvalue weighted by Crippen LogP contribution is 2.24. The quantitative estimate of drug-likeness (QED) is 0.656. The summed E-state index contributed by atoms with van der Waals surface area (Å²) in [5, 5.41) is 2.85. The second-order valence-corrected chi connectivity index (χ2v) is 8.59. The molecule has 1 amide bonds. The Morgan fingerprint density at radius 1 is 1.19 bits per heavy atom. The molecule has 0 aliphatic rings. The maximum atomic E-state index is 14.3. The number of sulfonamides is 1. The van der Waals surface area contributed by atoms with Crippen LogP contribution < -0.4 is 10.0 Å². The van der Waals surface area contributed by atoms with Crippen molar-refractivity contribution >= 4 is 44.8 Å². The normalized spacial score (nSPS) is 12.6. The largest absolute Gasteiger partial charge is 0.319 e. The van der Waals surface area contributed by atoms with Crippen molar-refractivity contribution in [2.45, 2.75) is 37.6 Å². The van der Waals surface area contributed by atoms with E-state index in [4.69, 9.17) is 23.2 Å². The highest BCUT2D eigenvalue weighted by molar-refractivity contribution is 7.89. The predicted molar refractivity (Wildman–Crippen MR) is 106 cm³/mol. The molecular weight excluding hydrogens is 414 g/mol. The summed E-state index contributed by atoms with van der Waals surface area (Å²) >= 11 is 11.7. The third-order valence-corrected chi connectivity index (χ3v) is 5.89. The first-order valence-corrected chi connectivity index (χ1v) is 10.5. The highest BCUT2D eigenvalue weighted by Gasteiger charge is 2.20. The Morgan fingerprint density at radius 3 is 2.48 bits per heavy atom. The van der Waals surface area contributed by atoms with Crippen LogP contribution in [0.4, 0.5) is 10.1 Å². The van der Waals surface area contributed by atoms with Gasteiger partial charge in [-0.2, -0.15) is 0 Å². The van der Waals surface area contributed by atoms with E-state index in [1.54, 1.807) is 6.92 Å². The lowest BCUT2D eigenvalue weighted by Gasteiger charge is -2.14. The average molecular weight is 433 g/mol. The molecule has 0 unspecified atom stereocenters. The molecule has 0 bridgehead atoms. The fourth-order valence-electron chi connectivity index (χ4n) is 2.45. The van der Waals surface area contributed by atoms with Crippen LogP contribution >= 0.6 is 23.2 Å². The number of hydrogen-bond donors (Lipinski definition) is 2. The van der Waals surface area contributed by atoms with Gasteiger partial charge in [0, 0.05) is 11.1 Å². The summed E-state index contributed by atoms with van der Waals surface area (Å²) in [4.78, 5) is 12.0. The molecule has 0 aliphatic heterocycles. The first-order valence-electron chi connectivity index (χ1n) is 8.22. The minimum Gasteiger partial charge on any atom is -0.319 e. The van der Waals surface area contributed by atoms with E-state index < -0.39 is 21.7 Å². The minimum absolute atomic E-state index is 0.118. The molecule has 5 nitrogen and oxygen atoms in total. The predicted octanol–water partition coefficient (Wildman–Crippen LogP) is 4.85. The van der Waals surface area contributed by atoms with Crippen molar-refractivity contribution in [3.05, 3.63) is 57.8 Å². The number of carbonyl (C=O) groups is 1. The first-order chi connectivity index (χ1) is 12.6. The van der Waals surface area contributed by atoms with Crippen LogP contribution in [0.1, 0.15) is 37.0 Å². The third kappa shape index (κ3) is 5.65. The lowest BCUT2D eigenvalue weighted by molar-refractivity contribution is 0.102. The molecule has 27 heavy (non-hydrogen) atoms. The molecule has 1 atom stereocenters. The molecule has 2 aromatic carbocycles. The Labute approximate surface area is 167 Å². The standard InChI is InChI=1S/C18H19Cl2FN2O3S/c1-3-4-11(2)23-27(25,26)13-6-8-17(16(21)10-13)22-18(24)14-7-5-12(19)9-15(14)20/h5-11,23H,3-4H2,1-2H3,(H,22,24)/t11-/m0/s1. The fourth-order valence-corrected chi connectivity index (χ4v) is 4.24. The lowest BCUT2D eigenvalue weighted by atomic mass is 10.2. The van der Waals surface area contributed by atoms with Crippen molar-refractivity contribution in [2.24, 2.45) is 0 Å². The van der Waals surface area contributed by atoms with E-state index in [1.165, 1.54) is 30.3 Å². The van der Waals surface area contributed by atoms with Gasteiger partial charge in [-0.1, -0.05) is 36.5 Å².